The second kappa shape index (κ2) is 8.87. The molecule has 0 saturated carbocycles. The highest BCUT2D eigenvalue weighted by atomic mass is 35.5. The maximum Gasteiger partial charge on any atom is 0.268 e. The fourth-order valence-electron chi connectivity index (χ4n) is 2.34. The van der Waals surface area contributed by atoms with E-state index < -0.39 is 5.91 Å². The van der Waals surface area contributed by atoms with Gasteiger partial charge in [-0.3, -0.25) is 9.59 Å². The molecule has 2 aromatic carbocycles. The van der Waals surface area contributed by atoms with Crippen molar-refractivity contribution >= 4 is 29.5 Å². The number of hydrogen-bond donors (Lipinski definition) is 2. The first-order valence-electron chi connectivity index (χ1n) is 8.26. The lowest BCUT2D eigenvalue weighted by Gasteiger charge is -2.11. The predicted molar refractivity (Wildman–Crippen MR) is 104 cm³/mol. The number of hydrogen-bond acceptors (Lipinski definition) is 3. The summed E-state index contributed by atoms with van der Waals surface area (Å²) in [6.45, 7) is 0.298. The Bertz CT molecular complexity index is 933. The van der Waals surface area contributed by atoms with Gasteiger partial charge in [-0.15, -0.1) is 0 Å². The molecule has 6 heteroatoms. The van der Waals surface area contributed by atoms with Crippen LogP contribution in [0.5, 0.6) is 0 Å². The summed E-state index contributed by atoms with van der Waals surface area (Å²) in [6, 6.07) is 19.2. The normalized spacial score (nSPS) is 11.1. The average Bonchev–Trinajstić information content (AvgIpc) is 3.20. The number of halogens is 1. The first-order chi connectivity index (χ1) is 13.1. The number of amides is 2. The first-order valence-corrected chi connectivity index (χ1v) is 8.64. The van der Waals surface area contributed by atoms with Crippen LogP contribution in [0.15, 0.2) is 83.1 Å². The van der Waals surface area contributed by atoms with Crippen molar-refractivity contribution in [2.45, 2.75) is 6.54 Å². The van der Waals surface area contributed by atoms with Gasteiger partial charge < -0.3 is 15.1 Å². The maximum atomic E-state index is 12.6. The summed E-state index contributed by atoms with van der Waals surface area (Å²) >= 11 is 5.87. The number of carbonyl (C=O) groups is 2. The number of furan rings is 1. The highest BCUT2D eigenvalue weighted by Crippen LogP contribution is 2.11. The molecule has 0 saturated heterocycles. The van der Waals surface area contributed by atoms with Gasteiger partial charge in [0, 0.05) is 23.2 Å². The fourth-order valence-corrected chi connectivity index (χ4v) is 2.46. The van der Waals surface area contributed by atoms with Crippen molar-refractivity contribution in [1.29, 1.82) is 0 Å². The summed E-state index contributed by atoms with van der Waals surface area (Å²) in [5.74, 6) is -0.347. The Balaban J connectivity index is 1.74. The van der Waals surface area contributed by atoms with E-state index in [4.69, 9.17) is 16.0 Å². The minimum atomic E-state index is -0.425. The molecule has 0 radical (unpaired) electrons. The highest BCUT2D eigenvalue weighted by Gasteiger charge is 2.15. The molecular formula is C21H17ClN2O3. The predicted octanol–water partition coefficient (Wildman–Crippen LogP) is 4.02. The van der Waals surface area contributed by atoms with Crippen molar-refractivity contribution < 1.29 is 14.0 Å². The molecule has 1 aromatic heterocycles. The molecule has 5 nitrogen and oxygen atoms in total. The van der Waals surface area contributed by atoms with Crippen LogP contribution in [0.2, 0.25) is 5.02 Å². The Hall–Kier alpha value is -3.31. The quantitative estimate of drug-likeness (QED) is 0.634. The van der Waals surface area contributed by atoms with Crippen LogP contribution in [0.1, 0.15) is 21.7 Å². The Morgan fingerprint density at radius 1 is 0.963 bits per heavy atom. The van der Waals surface area contributed by atoms with Crippen LogP contribution >= 0.6 is 11.6 Å². The van der Waals surface area contributed by atoms with Gasteiger partial charge in [0.25, 0.3) is 11.8 Å². The van der Waals surface area contributed by atoms with Crippen LogP contribution in [0.25, 0.3) is 6.08 Å². The lowest BCUT2D eigenvalue weighted by Crippen LogP contribution is -2.34. The highest BCUT2D eigenvalue weighted by molar-refractivity contribution is 6.30. The minimum Gasteiger partial charge on any atom is -0.465 e. The second-order valence-corrected chi connectivity index (χ2v) is 6.14. The summed E-state index contributed by atoms with van der Waals surface area (Å²) < 4.78 is 5.26. The van der Waals surface area contributed by atoms with Crippen molar-refractivity contribution in [2.75, 3.05) is 0 Å². The van der Waals surface area contributed by atoms with E-state index in [9.17, 15) is 9.59 Å². The summed E-state index contributed by atoms with van der Waals surface area (Å²) in [5.41, 5.74) is 1.43. The van der Waals surface area contributed by atoms with Crippen molar-refractivity contribution in [3.8, 4) is 0 Å². The van der Waals surface area contributed by atoms with E-state index in [1.807, 2.05) is 18.2 Å². The van der Waals surface area contributed by atoms with E-state index in [1.54, 1.807) is 48.5 Å². The molecule has 1 heterocycles. The molecule has 2 amide bonds. The van der Waals surface area contributed by atoms with Crippen LogP contribution < -0.4 is 10.6 Å². The molecule has 0 unspecified atom stereocenters. The van der Waals surface area contributed by atoms with Crippen molar-refractivity contribution in [2.24, 2.45) is 0 Å². The van der Waals surface area contributed by atoms with E-state index in [-0.39, 0.29) is 11.6 Å². The Morgan fingerprint density at radius 3 is 2.37 bits per heavy atom. The van der Waals surface area contributed by atoms with E-state index >= 15 is 0 Å². The van der Waals surface area contributed by atoms with Crippen LogP contribution in [0.4, 0.5) is 0 Å². The van der Waals surface area contributed by atoms with Gasteiger partial charge in [0.15, 0.2) is 0 Å². The molecule has 0 spiro atoms. The minimum absolute atomic E-state index is 0.0905. The number of nitrogens with one attached hydrogen (secondary N) is 2. The van der Waals surface area contributed by atoms with Gasteiger partial charge in [-0.05, 0) is 42.0 Å². The molecule has 0 aliphatic heterocycles. The molecule has 3 aromatic rings. The Morgan fingerprint density at radius 2 is 1.70 bits per heavy atom. The van der Waals surface area contributed by atoms with Gasteiger partial charge in [0.05, 0.1) is 6.26 Å². The van der Waals surface area contributed by atoms with Crippen LogP contribution in [0, 0.1) is 0 Å². The van der Waals surface area contributed by atoms with E-state index in [0.29, 0.717) is 22.9 Å². The van der Waals surface area contributed by atoms with Gasteiger partial charge in [-0.25, -0.2) is 0 Å². The van der Waals surface area contributed by atoms with Crippen LogP contribution in [0.3, 0.4) is 0 Å². The fraction of sp³-hybridized carbons (Fsp3) is 0.0476. The third-order valence-electron chi connectivity index (χ3n) is 3.72. The molecule has 0 fully saturated rings. The smallest absolute Gasteiger partial charge is 0.268 e. The molecule has 0 bridgehead atoms. The van der Waals surface area contributed by atoms with Gasteiger partial charge in [0.2, 0.25) is 0 Å². The summed E-state index contributed by atoms with van der Waals surface area (Å²) in [7, 11) is 0. The maximum absolute atomic E-state index is 12.6. The van der Waals surface area contributed by atoms with Crippen LogP contribution in [-0.2, 0) is 11.3 Å². The number of benzene rings is 2. The lowest BCUT2D eigenvalue weighted by molar-refractivity contribution is -0.117. The largest absolute Gasteiger partial charge is 0.465 e. The molecule has 27 heavy (non-hydrogen) atoms. The molecule has 136 valence electrons. The van der Waals surface area contributed by atoms with Crippen LogP contribution in [-0.4, -0.2) is 11.8 Å². The van der Waals surface area contributed by atoms with E-state index in [0.717, 1.165) is 5.56 Å². The molecule has 0 aliphatic carbocycles. The van der Waals surface area contributed by atoms with Crippen molar-refractivity contribution in [3.63, 3.8) is 0 Å². The first kappa shape index (κ1) is 18.5. The zero-order valence-corrected chi connectivity index (χ0v) is 15.1. The SMILES string of the molecule is O=C(NCc1ccc(Cl)cc1)/C(=C/c1ccco1)NC(=O)c1ccccc1. The van der Waals surface area contributed by atoms with Gasteiger partial charge in [-0.1, -0.05) is 41.9 Å². The molecule has 0 aliphatic rings. The summed E-state index contributed by atoms with van der Waals surface area (Å²) in [4.78, 5) is 25.0. The average molecular weight is 381 g/mol. The zero-order valence-electron chi connectivity index (χ0n) is 14.3. The second-order valence-electron chi connectivity index (χ2n) is 5.70. The standard InChI is InChI=1S/C21H17ClN2O3/c22-17-10-8-15(9-11-17)14-23-21(26)19(13-18-7-4-12-27-18)24-20(25)16-5-2-1-3-6-16/h1-13H,14H2,(H,23,26)(H,24,25)/b19-13-. The molecule has 2 N–H and O–H groups in total. The van der Waals surface area contributed by atoms with Gasteiger partial charge in [0.1, 0.15) is 11.5 Å². The van der Waals surface area contributed by atoms with Crippen molar-refractivity contribution in [1.82, 2.24) is 10.6 Å². The zero-order chi connectivity index (χ0) is 19.1. The molecule has 0 atom stereocenters. The topological polar surface area (TPSA) is 71.3 Å². The summed E-state index contributed by atoms with van der Waals surface area (Å²) in [5, 5.41) is 6.05. The molecular weight excluding hydrogens is 364 g/mol. The Kier molecular flexibility index (Phi) is 6.07. The van der Waals surface area contributed by atoms with Gasteiger partial charge >= 0.3 is 0 Å². The van der Waals surface area contributed by atoms with Crippen molar-refractivity contribution in [3.05, 3.63) is 101 Å². The summed E-state index contributed by atoms with van der Waals surface area (Å²) in [6.07, 6.45) is 2.98. The third-order valence-corrected chi connectivity index (χ3v) is 3.98. The molecule has 3 rings (SSSR count). The number of rotatable bonds is 6. The number of carbonyl (C=O) groups excluding carboxylic acids is 2. The monoisotopic (exact) mass is 380 g/mol. The Labute approximate surface area is 161 Å². The van der Waals surface area contributed by atoms with Gasteiger partial charge in [-0.2, -0.15) is 0 Å². The van der Waals surface area contributed by atoms with E-state index in [1.165, 1.54) is 12.3 Å². The third kappa shape index (κ3) is 5.33. The van der Waals surface area contributed by atoms with E-state index in [2.05, 4.69) is 10.6 Å². The lowest BCUT2D eigenvalue weighted by atomic mass is 10.2.